The molecule has 0 saturated heterocycles. The predicted molar refractivity (Wildman–Crippen MR) is 129 cm³/mol. The molecule has 0 bridgehead atoms. The first-order valence-electron chi connectivity index (χ1n) is 10.3. The molecule has 0 spiro atoms. The Labute approximate surface area is 201 Å². The zero-order chi connectivity index (χ0) is 24.5. The summed E-state index contributed by atoms with van der Waals surface area (Å²) in [4.78, 5) is 17.8. The third kappa shape index (κ3) is 5.04. The molecule has 9 heteroatoms. The molecular weight excluding hydrogens is 511 g/mol. The third-order valence-corrected chi connectivity index (χ3v) is 5.34. The molecule has 0 amide bonds. The van der Waals surface area contributed by atoms with Gasteiger partial charge in [0, 0.05) is 15.6 Å². The number of hydrogen-bond acceptors (Lipinski definition) is 4. The topological polar surface area (TPSA) is 56.5 Å². The van der Waals surface area contributed by atoms with Crippen LogP contribution < -0.4 is 10.3 Å². The van der Waals surface area contributed by atoms with Gasteiger partial charge in [-0.2, -0.15) is 22.9 Å². The zero-order valence-electron chi connectivity index (χ0n) is 18.2. The van der Waals surface area contributed by atoms with E-state index >= 15 is 0 Å². The van der Waals surface area contributed by atoms with Crippen LogP contribution in [0.1, 0.15) is 25.0 Å². The van der Waals surface area contributed by atoms with Crippen LogP contribution in [0.4, 0.5) is 13.2 Å². The highest BCUT2D eigenvalue weighted by Gasteiger charge is 2.31. The van der Waals surface area contributed by atoms with E-state index in [1.165, 1.54) is 18.3 Å². The Bertz CT molecular complexity index is 1450. The summed E-state index contributed by atoms with van der Waals surface area (Å²) in [5.41, 5.74) is -0.295. The number of hydrogen-bond donors (Lipinski definition) is 0. The van der Waals surface area contributed by atoms with Crippen molar-refractivity contribution in [2.45, 2.75) is 26.1 Å². The third-order valence-electron chi connectivity index (χ3n) is 4.85. The molecule has 0 radical (unpaired) electrons. The fourth-order valence-electron chi connectivity index (χ4n) is 3.35. The number of benzene rings is 3. The lowest BCUT2D eigenvalue weighted by Gasteiger charge is -2.13. The predicted octanol–water partition coefficient (Wildman–Crippen LogP) is 6.51. The molecule has 0 N–H and O–H groups in total. The van der Waals surface area contributed by atoms with Crippen LogP contribution in [0.3, 0.4) is 0 Å². The number of para-hydroxylation sites is 1. The Morgan fingerprint density at radius 3 is 2.56 bits per heavy atom. The van der Waals surface area contributed by atoms with Crippen molar-refractivity contribution in [1.29, 1.82) is 0 Å². The second kappa shape index (κ2) is 9.42. The monoisotopic (exact) mass is 529 g/mol. The highest BCUT2D eigenvalue weighted by molar-refractivity contribution is 9.10. The lowest BCUT2D eigenvalue weighted by molar-refractivity contribution is -0.137. The van der Waals surface area contributed by atoms with Gasteiger partial charge in [-0.3, -0.25) is 4.79 Å². The van der Waals surface area contributed by atoms with Crippen LogP contribution >= 0.6 is 15.9 Å². The highest BCUT2D eigenvalue weighted by atomic mass is 79.9. The molecule has 0 fully saturated rings. The molecule has 5 nitrogen and oxygen atoms in total. The Morgan fingerprint density at radius 2 is 1.82 bits per heavy atom. The van der Waals surface area contributed by atoms with Crippen molar-refractivity contribution >= 4 is 33.0 Å². The van der Waals surface area contributed by atoms with Gasteiger partial charge in [0.2, 0.25) is 0 Å². The molecule has 3 aromatic carbocycles. The van der Waals surface area contributed by atoms with Gasteiger partial charge in [-0.05, 0) is 56.3 Å². The molecule has 0 aliphatic heterocycles. The van der Waals surface area contributed by atoms with Crippen molar-refractivity contribution in [2.24, 2.45) is 5.10 Å². The largest absolute Gasteiger partial charge is 0.490 e. The molecular formula is C25H19BrF3N3O2. The van der Waals surface area contributed by atoms with E-state index in [0.717, 1.165) is 21.3 Å². The lowest BCUT2D eigenvalue weighted by atomic mass is 10.1. The van der Waals surface area contributed by atoms with Gasteiger partial charge in [-0.1, -0.05) is 40.2 Å². The highest BCUT2D eigenvalue weighted by Crippen LogP contribution is 2.32. The number of halogens is 4. The van der Waals surface area contributed by atoms with E-state index in [9.17, 15) is 18.0 Å². The quantitative estimate of drug-likeness (QED) is 0.277. The van der Waals surface area contributed by atoms with Crippen molar-refractivity contribution in [3.63, 3.8) is 0 Å². The summed E-state index contributed by atoms with van der Waals surface area (Å²) in [7, 11) is 0. The van der Waals surface area contributed by atoms with Crippen molar-refractivity contribution in [2.75, 3.05) is 0 Å². The van der Waals surface area contributed by atoms with Crippen LogP contribution in [0.5, 0.6) is 5.75 Å². The standard InChI is InChI=1S/C25H19BrF3N3O2/c1-15(2)34-22-11-10-19(26)13-17(22)14-30-32-23(16-6-5-7-18(12-16)25(27,28)29)31-21-9-4-3-8-20(21)24(32)33/h3-15H,1-2H3. The van der Waals surface area contributed by atoms with E-state index in [1.54, 1.807) is 36.4 Å². The van der Waals surface area contributed by atoms with E-state index in [2.05, 4.69) is 26.0 Å². The van der Waals surface area contributed by atoms with Crippen molar-refractivity contribution in [1.82, 2.24) is 9.66 Å². The average molecular weight is 530 g/mol. The van der Waals surface area contributed by atoms with Gasteiger partial charge in [0.1, 0.15) is 5.75 Å². The van der Waals surface area contributed by atoms with E-state index in [0.29, 0.717) is 22.2 Å². The SMILES string of the molecule is CC(C)Oc1ccc(Br)cc1C=Nn1c(-c2cccc(C(F)(F)F)c2)nc2ccccc2c1=O. The van der Waals surface area contributed by atoms with Crippen molar-refractivity contribution in [3.05, 3.63) is 92.7 Å². The molecule has 0 aliphatic carbocycles. The number of ether oxygens (including phenoxy) is 1. The van der Waals surface area contributed by atoms with Crippen LogP contribution in [-0.2, 0) is 6.18 Å². The first kappa shape index (κ1) is 23.7. The van der Waals surface area contributed by atoms with Gasteiger partial charge in [-0.15, -0.1) is 0 Å². The van der Waals surface area contributed by atoms with Gasteiger partial charge in [0.25, 0.3) is 5.56 Å². The maximum atomic E-state index is 13.3. The lowest BCUT2D eigenvalue weighted by Crippen LogP contribution is -2.20. The van der Waals surface area contributed by atoms with Gasteiger partial charge in [0.05, 0.1) is 28.8 Å². The van der Waals surface area contributed by atoms with Crippen molar-refractivity contribution < 1.29 is 17.9 Å². The summed E-state index contributed by atoms with van der Waals surface area (Å²) < 4.78 is 47.6. The summed E-state index contributed by atoms with van der Waals surface area (Å²) in [6, 6.07) is 16.6. The fourth-order valence-corrected chi connectivity index (χ4v) is 3.73. The summed E-state index contributed by atoms with van der Waals surface area (Å²) >= 11 is 3.41. The van der Waals surface area contributed by atoms with Crippen molar-refractivity contribution in [3.8, 4) is 17.1 Å². The number of rotatable bonds is 5. The Morgan fingerprint density at radius 1 is 1.06 bits per heavy atom. The first-order chi connectivity index (χ1) is 16.1. The van der Waals surface area contributed by atoms with Gasteiger partial charge < -0.3 is 4.74 Å². The Hall–Kier alpha value is -3.46. The van der Waals surface area contributed by atoms with Gasteiger partial charge >= 0.3 is 6.18 Å². The van der Waals surface area contributed by atoms with E-state index in [1.807, 2.05) is 19.9 Å². The maximum absolute atomic E-state index is 13.3. The van der Waals surface area contributed by atoms with Crippen LogP contribution in [0.15, 0.2) is 81.1 Å². The summed E-state index contributed by atoms with van der Waals surface area (Å²) in [6.07, 6.45) is -3.21. The fraction of sp³-hybridized carbons (Fsp3) is 0.160. The molecule has 4 aromatic rings. The minimum absolute atomic E-state index is 0.00706. The van der Waals surface area contributed by atoms with Crippen LogP contribution in [0.2, 0.25) is 0 Å². The average Bonchev–Trinajstić information content (AvgIpc) is 2.79. The van der Waals surface area contributed by atoms with E-state index in [4.69, 9.17) is 4.74 Å². The number of alkyl halides is 3. The molecule has 174 valence electrons. The zero-order valence-corrected chi connectivity index (χ0v) is 19.8. The summed E-state index contributed by atoms with van der Waals surface area (Å²) in [5.74, 6) is 0.539. The molecule has 1 aromatic heterocycles. The number of aromatic nitrogens is 2. The van der Waals surface area contributed by atoms with E-state index in [-0.39, 0.29) is 17.5 Å². The molecule has 0 unspecified atom stereocenters. The molecule has 0 saturated carbocycles. The molecule has 0 aliphatic rings. The second-order valence-corrected chi connectivity index (χ2v) is 8.66. The summed E-state index contributed by atoms with van der Waals surface area (Å²) in [5, 5.41) is 4.63. The maximum Gasteiger partial charge on any atom is 0.416 e. The molecule has 1 heterocycles. The molecule has 0 atom stereocenters. The molecule has 34 heavy (non-hydrogen) atoms. The first-order valence-corrected chi connectivity index (χ1v) is 11.1. The van der Waals surface area contributed by atoms with Gasteiger partial charge in [-0.25, -0.2) is 4.98 Å². The second-order valence-electron chi connectivity index (χ2n) is 7.74. The van der Waals surface area contributed by atoms with Gasteiger partial charge in [0.15, 0.2) is 5.82 Å². The normalized spacial score (nSPS) is 12.1. The molecule has 4 rings (SSSR count). The minimum atomic E-state index is -4.54. The summed E-state index contributed by atoms with van der Waals surface area (Å²) in [6.45, 7) is 3.76. The van der Waals surface area contributed by atoms with Crippen LogP contribution in [0, 0.1) is 0 Å². The number of fused-ring (bicyclic) bond motifs is 1. The Kier molecular flexibility index (Phi) is 6.56. The van der Waals surface area contributed by atoms with Crippen LogP contribution in [0.25, 0.3) is 22.3 Å². The number of nitrogens with zero attached hydrogens (tertiary/aromatic N) is 3. The Balaban J connectivity index is 1.93. The smallest absolute Gasteiger partial charge is 0.416 e. The van der Waals surface area contributed by atoms with Crippen LogP contribution in [-0.4, -0.2) is 22.0 Å². The minimum Gasteiger partial charge on any atom is -0.490 e. The van der Waals surface area contributed by atoms with E-state index < -0.39 is 17.3 Å².